The van der Waals surface area contributed by atoms with Crippen molar-refractivity contribution in [1.29, 1.82) is 0 Å². The van der Waals surface area contributed by atoms with Crippen molar-refractivity contribution in [3.8, 4) is 0 Å². The Labute approximate surface area is 81.2 Å². The number of hydrogen-bond acceptors (Lipinski definition) is 1. The van der Waals surface area contributed by atoms with E-state index >= 15 is 0 Å². The van der Waals surface area contributed by atoms with Crippen LogP contribution in [-0.2, 0) is 4.74 Å². The lowest BCUT2D eigenvalue weighted by Crippen LogP contribution is -2.13. The molecule has 1 saturated carbocycles. The van der Waals surface area contributed by atoms with E-state index in [0.717, 1.165) is 6.42 Å². The number of epoxide rings is 1. The van der Waals surface area contributed by atoms with Gasteiger partial charge in [0.15, 0.2) is 0 Å². The molecule has 13 heavy (non-hydrogen) atoms. The summed E-state index contributed by atoms with van der Waals surface area (Å²) in [6.07, 6.45) is 13.2. The first-order valence-corrected chi connectivity index (χ1v) is 5.66. The van der Waals surface area contributed by atoms with Gasteiger partial charge in [0.25, 0.3) is 0 Å². The predicted octanol–water partition coefficient (Wildman–Crippen LogP) is 3.44. The third-order valence-corrected chi connectivity index (χ3v) is 3.46. The lowest BCUT2D eigenvalue weighted by molar-refractivity contribution is 0.269. The smallest absolute Gasteiger partial charge is 0.0982 e. The van der Waals surface area contributed by atoms with Crippen molar-refractivity contribution in [1.82, 2.24) is 0 Å². The average Bonchev–Trinajstić information content (AvgIpc) is 2.77. The molecule has 1 heterocycles. The van der Waals surface area contributed by atoms with Gasteiger partial charge in [0.1, 0.15) is 0 Å². The van der Waals surface area contributed by atoms with E-state index in [1.165, 1.54) is 44.9 Å². The molecule has 0 aromatic carbocycles. The highest BCUT2D eigenvalue weighted by Crippen LogP contribution is 2.47. The minimum absolute atomic E-state index is 0.242. The standard InChI is InChI=1S/C12H20O/c1-2-9-12-10-7-5-3-4-6-8-11(12)13-12/h2,11H,1,3-10H2. The highest BCUT2D eigenvalue weighted by atomic mass is 16.6. The number of ether oxygens (including phenoxy) is 1. The summed E-state index contributed by atoms with van der Waals surface area (Å²) in [6, 6.07) is 0. The maximum atomic E-state index is 5.85. The zero-order chi connectivity index (χ0) is 9.15. The van der Waals surface area contributed by atoms with Crippen LogP contribution in [0.2, 0.25) is 0 Å². The van der Waals surface area contributed by atoms with Gasteiger partial charge in [-0.1, -0.05) is 38.2 Å². The third kappa shape index (κ3) is 1.96. The van der Waals surface area contributed by atoms with Gasteiger partial charge in [-0.25, -0.2) is 0 Å². The minimum Gasteiger partial charge on any atom is -0.366 e. The lowest BCUT2D eigenvalue weighted by Gasteiger charge is -2.08. The second-order valence-electron chi connectivity index (χ2n) is 4.47. The van der Waals surface area contributed by atoms with Gasteiger partial charge in [-0.2, -0.15) is 0 Å². The van der Waals surface area contributed by atoms with Crippen molar-refractivity contribution in [3.63, 3.8) is 0 Å². The van der Waals surface area contributed by atoms with Crippen molar-refractivity contribution in [2.45, 2.75) is 63.1 Å². The molecule has 1 nitrogen and oxygen atoms in total. The Balaban J connectivity index is 1.92. The van der Waals surface area contributed by atoms with E-state index in [1.807, 2.05) is 6.08 Å². The van der Waals surface area contributed by atoms with Crippen molar-refractivity contribution in [3.05, 3.63) is 12.7 Å². The normalized spacial score (nSPS) is 39.5. The van der Waals surface area contributed by atoms with Crippen LogP contribution in [0, 0.1) is 0 Å². The van der Waals surface area contributed by atoms with Crippen LogP contribution in [-0.4, -0.2) is 11.7 Å². The summed E-state index contributed by atoms with van der Waals surface area (Å²) in [7, 11) is 0. The summed E-state index contributed by atoms with van der Waals surface area (Å²) < 4.78 is 5.85. The van der Waals surface area contributed by atoms with Gasteiger partial charge < -0.3 is 4.74 Å². The first-order valence-electron chi connectivity index (χ1n) is 5.66. The molecule has 1 saturated heterocycles. The van der Waals surface area contributed by atoms with Crippen LogP contribution in [0.15, 0.2) is 12.7 Å². The summed E-state index contributed by atoms with van der Waals surface area (Å²) in [4.78, 5) is 0. The predicted molar refractivity (Wildman–Crippen MR) is 54.7 cm³/mol. The molecule has 1 aliphatic heterocycles. The van der Waals surface area contributed by atoms with Crippen LogP contribution in [0.1, 0.15) is 51.4 Å². The fourth-order valence-corrected chi connectivity index (χ4v) is 2.60. The molecule has 0 bridgehead atoms. The van der Waals surface area contributed by atoms with E-state index in [-0.39, 0.29) is 5.60 Å². The van der Waals surface area contributed by atoms with E-state index < -0.39 is 0 Å². The molecule has 1 aliphatic carbocycles. The Bertz CT molecular complexity index is 188. The van der Waals surface area contributed by atoms with Crippen LogP contribution < -0.4 is 0 Å². The van der Waals surface area contributed by atoms with Crippen LogP contribution in [0.5, 0.6) is 0 Å². The van der Waals surface area contributed by atoms with Crippen molar-refractivity contribution in [2.75, 3.05) is 0 Å². The first kappa shape index (κ1) is 9.26. The summed E-state index contributed by atoms with van der Waals surface area (Å²) in [5.74, 6) is 0. The quantitative estimate of drug-likeness (QED) is 0.468. The minimum atomic E-state index is 0.242. The van der Waals surface area contributed by atoms with Gasteiger partial charge in [0.05, 0.1) is 11.7 Å². The maximum absolute atomic E-state index is 5.85. The van der Waals surface area contributed by atoms with Crippen LogP contribution in [0.25, 0.3) is 0 Å². The molecule has 2 unspecified atom stereocenters. The largest absolute Gasteiger partial charge is 0.366 e. The highest BCUT2D eigenvalue weighted by Gasteiger charge is 2.53. The molecule has 0 spiro atoms. The van der Waals surface area contributed by atoms with Crippen molar-refractivity contribution < 1.29 is 4.74 Å². The van der Waals surface area contributed by atoms with E-state index in [4.69, 9.17) is 4.74 Å². The van der Waals surface area contributed by atoms with Gasteiger partial charge >= 0.3 is 0 Å². The summed E-state index contributed by atoms with van der Waals surface area (Å²) in [6.45, 7) is 3.82. The van der Waals surface area contributed by atoms with Gasteiger partial charge in [-0.3, -0.25) is 0 Å². The molecule has 0 amide bonds. The molecule has 2 aliphatic rings. The molecular weight excluding hydrogens is 160 g/mol. The molecule has 2 atom stereocenters. The monoisotopic (exact) mass is 180 g/mol. The molecule has 0 radical (unpaired) electrons. The Hall–Kier alpha value is -0.300. The van der Waals surface area contributed by atoms with Gasteiger partial charge in [0, 0.05) is 0 Å². The molecule has 74 valence electrons. The van der Waals surface area contributed by atoms with Crippen LogP contribution in [0.4, 0.5) is 0 Å². The molecular formula is C12H20O. The molecule has 0 aromatic heterocycles. The Morgan fingerprint density at radius 1 is 1.23 bits per heavy atom. The number of fused-ring (bicyclic) bond motifs is 1. The Morgan fingerprint density at radius 3 is 2.85 bits per heavy atom. The summed E-state index contributed by atoms with van der Waals surface area (Å²) in [5.41, 5.74) is 0.242. The Morgan fingerprint density at radius 2 is 2.00 bits per heavy atom. The molecule has 0 N–H and O–H groups in total. The van der Waals surface area contributed by atoms with E-state index in [9.17, 15) is 0 Å². The number of rotatable bonds is 2. The third-order valence-electron chi connectivity index (χ3n) is 3.46. The van der Waals surface area contributed by atoms with Gasteiger partial charge in [-0.15, -0.1) is 6.58 Å². The van der Waals surface area contributed by atoms with Crippen molar-refractivity contribution in [2.24, 2.45) is 0 Å². The van der Waals surface area contributed by atoms with E-state index in [0.29, 0.717) is 6.10 Å². The molecule has 1 heteroatoms. The van der Waals surface area contributed by atoms with Crippen LogP contribution in [0.3, 0.4) is 0 Å². The summed E-state index contributed by atoms with van der Waals surface area (Å²) >= 11 is 0. The zero-order valence-electron chi connectivity index (χ0n) is 8.43. The SMILES string of the molecule is C=CCC12CCCCCCCC1O2. The number of hydrogen-bond donors (Lipinski definition) is 0. The fraction of sp³-hybridized carbons (Fsp3) is 0.833. The Kier molecular flexibility index (Phi) is 2.73. The average molecular weight is 180 g/mol. The van der Waals surface area contributed by atoms with Crippen LogP contribution >= 0.6 is 0 Å². The maximum Gasteiger partial charge on any atom is 0.0982 e. The van der Waals surface area contributed by atoms with Gasteiger partial charge in [0.2, 0.25) is 0 Å². The van der Waals surface area contributed by atoms with E-state index in [2.05, 4.69) is 6.58 Å². The molecule has 2 fully saturated rings. The fourth-order valence-electron chi connectivity index (χ4n) is 2.60. The van der Waals surface area contributed by atoms with E-state index in [1.54, 1.807) is 0 Å². The van der Waals surface area contributed by atoms with Crippen molar-refractivity contribution >= 4 is 0 Å². The topological polar surface area (TPSA) is 12.5 Å². The first-order chi connectivity index (χ1) is 6.37. The second kappa shape index (κ2) is 3.83. The zero-order valence-corrected chi connectivity index (χ0v) is 8.43. The molecule has 2 rings (SSSR count). The lowest BCUT2D eigenvalue weighted by atomic mass is 9.93. The summed E-state index contributed by atoms with van der Waals surface area (Å²) in [5, 5.41) is 0. The highest BCUT2D eigenvalue weighted by molar-refractivity contribution is 5.05. The second-order valence-corrected chi connectivity index (χ2v) is 4.47. The molecule has 0 aromatic rings. The van der Waals surface area contributed by atoms with Gasteiger partial charge in [-0.05, 0) is 19.3 Å².